The van der Waals surface area contributed by atoms with E-state index in [1.807, 2.05) is 30.2 Å². The monoisotopic (exact) mass is 399 g/mol. The number of amides is 2. The summed E-state index contributed by atoms with van der Waals surface area (Å²) in [6.07, 6.45) is 3.40. The SMILES string of the molecule is CC[C@@H](c1ccccc1)[C@@H]1CCCN1C(=O)Cc1csc(NC(=O)C(C)C)n1. The fraction of sp³-hybridized carbons (Fsp3) is 0.500. The molecular formula is C22H29N3O2S. The zero-order chi connectivity index (χ0) is 20.1. The average Bonchev–Trinajstić information content (AvgIpc) is 3.33. The van der Waals surface area contributed by atoms with Crippen molar-refractivity contribution in [3.8, 4) is 0 Å². The van der Waals surface area contributed by atoms with Gasteiger partial charge in [0.2, 0.25) is 11.8 Å². The van der Waals surface area contributed by atoms with Crippen LogP contribution in [0, 0.1) is 5.92 Å². The maximum absolute atomic E-state index is 13.0. The van der Waals surface area contributed by atoms with Crippen LogP contribution in [-0.2, 0) is 16.0 Å². The first kappa shape index (κ1) is 20.5. The van der Waals surface area contributed by atoms with Crippen molar-refractivity contribution in [1.82, 2.24) is 9.88 Å². The van der Waals surface area contributed by atoms with E-state index in [-0.39, 0.29) is 30.2 Å². The van der Waals surface area contributed by atoms with E-state index >= 15 is 0 Å². The van der Waals surface area contributed by atoms with Crippen LogP contribution in [-0.4, -0.2) is 34.3 Å². The summed E-state index contributed by atoms with van der Waals surface area (Å²) in [5, 5.41) is 5.24. The van der Waals surface area contributed by atoms with Crippen molar-refractivity contribution in [2.24, 2.45) is 5.92 Å². The molecule has 1 aromatic heterocycles. The maximum atomic E-state index is 13.0. The van der Waals surface area contributed by atoms with Gasteiger partial charge in [0.05, 0.1) is 12.1 Å². The number of benzene rings is 1. The lowest BCUT2D eigenvalue weighted by Gasteiger charge is -2.31. The highest BCUT2D eigenvalue weighted by Gasteiger charge is 2.34. The van der Waals surface area contributed by atoms with Gasteiger partial charge in [-0.15, -0.1) is 11.3 Å². The number of nitrogens with zero attached hydrogens (tertiary/aromatic N) is 2. The number of likely N-dealkylation sites (tertiary alicyclic amines) is 1. The first-order chi connectivity index (χ1) is 13.5. The standard InChI is InChI=1S/C22H29N3O2S/c1-4-18(16-9-6-5-7-10-16)19-11-8-12-25(19)20(26)13-17-14-28-22(23-17)24-21(27)15(2)3/h5-7,9-10,14-15,18-19H,4,8,11-13H2,1-3H3,(H,23,24,27)/t18-,19-/m0/s1. The molecule has 5 nitrogen and oxygen atoms in total. The minimum atomic E-state index is -0.0942. The number of nitrogens with one attached hydrogen (secondary N) is 1. The summed E-state index contributed by atoms with van der Waals surface area (Å²) in [4.78, 5) is 31.3. The minimum absolute atomic E-state index is 0.0551. The van der Waals surface area contributed by atoms with E-state index in [2.05, 4.69) is 41.5 Å². The number of hydrogen-bond donors (Lipinski definition) is 1. The molecule has 0 unspecified atom stereocenters. The lowest BCUT2D eigenvalue weighted by Crippen LogP contribution is -2.40. The first-order valence-corrected chi connectivity index (χ1v) is 11.0. The van der Waals surface area contributed by atoms with Crippen molar-refractivity contribution in [2.75, 3.05) is 11.9 Å². The van der Waals surface area contributed by atoms with E-state index in [0.717, 1.165) is 31.5 Å². The Labute approximate surface area is 171 Å². The largest absolute Gasteiger partial charge is 0.339 e. The van der Waals surface area contributed by atoms with Gasteiger partial charge >= 0.3 is 0 Å². The third-order valence-electron chi connectivity index (χ3n) is 5.39. The van der Waals surface area contributed by atoms with Gasteiger partial charge in [-0.25, -0.2) is 4.98 Å². The van der Waals surface area contributed by atoms with E-state index < -0.39 is 0 Å². The summed E-state index contributed by atoms with van der Waals surface area (Å²) in [6.45, 7) is 6.70. The van der Waals surface area contributed by atoms with E-state index in [1.165, 1.54) is 16.9 Å². The molecule has 1 aliphatic heterocycles. The number of hydrogen-bond acceptors (Lipinski definition) is 4. The van der Waals surface area contributed by atoms with Crippen molar-refractivity contribution in [3.63, 3.8) is 0 Å². The van der Waals surface area contributed by atoms with Crippen molar-refractivity contribution in [2.45, 2.75) is 58.4 Å². The molecule has 0 saturated carbocycles. The van der Waals surface area contributed by atoms with Gasteiger partial charge in [-0.3, -0.25) is 9.59 Å². The van der Waals surface area contributed by atoms with Crippen LogP contribution in [0.5, 0.6) is 0 Å². The minimum Gasteiger partial charge on any atom is -0.339 e. The molecule has 1 saturated heterocycles. The molecule has 150 valence electrons. The Morgan fingerprint density at radius 2 is 2.04 bits per heavy atom. The molecule has 0 spiro atoms. The normalized spacial score (nSPS) is 17.7. The van der Waals surface area contributed by atoms with E-state index in [0.29, 0.717) is 11.0 Å². The Bertz CT molecular complexity index is 803. The number of aromatic nitrogens is 1. The van der Waals surface area contributed by atoms with Gasteiger partial charge in [0, 0.05) is 29.8 Å². The molecule has 1 N–H and O–H groups in total. The fourth-order valence-corrected chi connectivity index (χ4v) is 4.62. The Kier molecular flexibility index (Phi) is 6.83. The van der Waals surface area contributed by atoms with Gasteiger partial charge in [-0.2, -0.15) is 0 Å². The van der Waals surface area contributed by atoms with Crippen LogP contribution in [0.2, 0.25) is 0 Å². The summed E-state index contributed by atoms with van der Waals surface area (Å²) < 4.78 is 0. The third kappa shape index (κ3) is 4.79. The zero-order valence-corrected chi connectivity index (χ0v) is 17.7. The van der Waals surface area contributed by atoms with Gasteiger partial charge < -0.3 is 10.2 Å². The molecule has 0 radical (unpaired) electrons. The highest BCUT2D eigenvalue weighted by atomic mass is 32.1. The van der Waals surface area contributed by atoms with Crippen LogP contribution in [0.4, 0.5) is 5.13 Å². The van der Waals surface area contributed by atoms with Crippen LogP contribution in [0.15, 0.2) is 35.7 Å². The quantitative estimate of drug-likeness (QED) is 0.747. The number of carbonyl (C=O) groups is 2. The zero-order valence-electron chi connectivity index (χ0n) is 16.9. The van der Waals surface area contributed by atoms with Crippen molar-refractivity contribution in [3.05, 3.63) is 47.0 Å². The van der Waals surface area contributed by atoms with Gasteiger partial charge in [0.15, 0.2) is 5.13 Å². The summed E-state index contributed by atoms with van der Waals surface area (Å²) in [5.74, 6) is 0.344. The number of rotatable bonds is 7. The predicted octanol–water partition coefficient (Wildman–Crippen LogP) is 4.46. The lowest BCUT2D eigenvalue weighted by atomic mass is 9.87. The summed E-state index contributed by atoms with van der Waals surface area (Å²) in [5.41, 5.74) is 2.04. The van der Waals surface area contributed by atoms with Crippen LogP contribution < -0.4 is 5.32 Å². The van der Waals surface area contributed by atoms with Crippen molar-refractivity contribution >= 4 is 28.3 Å². The average molecular weight is 400 g/mol. The molecular weight excluding hydrogens is 370 g/mol. The van der Waals surface area contributed by atoms with Gasteiger partial charge in [0.25, 0.3) is 0 Å². The van der Waals surface area contributed by atoms with Crippen LogP contribution in [0.3, 0.4) is 0 Å². The fourth-order valence-electron chi connectivity index (χ4n) is 3.90. The molecule has 3 rings (SSSR count). The van der Waals surface area contributed by atoms with Crippen LogP contribution >= 0.6 is 11.3 Å². The second-order valence-electron chi connectivity index (χ2n) is 7.69. The number of anilines is 1. The molecule has 1 fully saturated rings. The third-order valence-corrected chi connectivity index (χ3v) is 6.20. The molecule has 28 heavy (non-hydrogen) atoms. The summed E-state index contributed by atoms with van der Waals surface area (Å²) in [7, 11) is 0. The van der Waals surface area contributed by atoms with Crippen molar-refractivity contribution in [1.29, 1.82) is 0 Å². The second kappa shape index (κ2) is 9.32. The Hall–Kier alpha value is -2.21. The Balaban J connectivity index is 1.66. The van der Waals surface area contributed by atoms with Crippen molar-refractivity contribution < 1.29 is 9.59 Å². The second-order valence-corrected chi connectivity index (χ2v) is 8.54. The molecule has 6 heteroatoms. The summed E-state index contributed by atoms with van der Waals surface area (Å²) >= 11 is 1.37. The predicted molar refractivity (Wildman–Crippen MR) is 113 cm³/mol. The van der Waals surface area contributed by atoms with E-state index in [1.54, 1.807) is 0 Å². The molecule has 0 aliphatic carbocycles. The maximum Gasteiger partial charge on any atom is 0.228 e. The Morgan fingerprint density at radius 3 is 2.71 bits per heavy atom. The topological polar surface area (TPSA) is 62.3 Å². The summed E-state index contributed by atoms with van der Waals surface area (Å²) in [6, 6.07) is 10.8. The highest BCUT2D eigenvalue weighted by Crippen LogP contribution is 2.34. The van der Waals surface area contributed by atoms with Gasteiger partial charge in [0.1, 0.15) is 0 Å². The smallest absolute Gasteiger partial charge is 0.228 e. The molecule has 2 heterocycles. The number of thiazole rings is 1. The van der Waals surface area contributed by atoms with Crippen LogP contribution in [0.25, 0.3) is 0 Å². The Morgan fingerprint density at radius 1 is 1.29 bits per heavy atom. The molecule has 2 aromatic rings. The van der Waals surface area contributed by atoms with E-state index in [9.17, 15) is 9.59 Å². The van der Waals surface area contributed by atoms with Crippen LogP contribution in [0.1, 0.15) is 57.2 Å². The van der Waals surface area contributed by atoms with Gasteiger partial charge in [-0.1, -0.05) is 51.1 Å². The molecule has 1 aromatic carbocycles. The highest BCUT2D eigenvalue weighted by molar-refractivity contribution is 7.13. The molecule has 2 amide bonds. The lowest BCUT2D eigenvalue weighted by molar-refractivity contribution is -0.131. The number of carbonyl (C=O) groups excluding carboxylic acids is 2. The van der Waals surface area contributed by atoms with Gasteiger partial charge in [-0.05, 0) is 24.8 Å². The van der Waals surface area contributed by atoms with E-state index in [4.69, 9.17) is 0 Å². The molecule has 0 bridgehead atoms. The molecule has 1 aliphatic rings. The first-order valence-electron chi connectivity index (χ1n) is 10.1. The molecule has 2 atom stereocenters.